The molecule has 2 N–H and O–H groups in total. The van der Waals surface area contributed by atoms with E-state index in [-0.39, 0.29) is 6.42 Å². The Bertz CT molecular complexity index is 363. The maximum absolute atomic E-state index is 10.4. The van der Waals surface area contributed by atoms with E-state index < -0.39 is 5.97 Å². The van der Waals surface area contributed by atoms with Gasteiger partial charge in [0.25, 0.3) is 0 Å². The first kappa shape index (κ1) is 14.6. The molecule has 3 nitrogen and oxygen atoms in total. The number of hydrogen-bond donors (Lipinski definition) is 2. The summed E-state index contributed by atoms with van der Waals surface area (Å²) in [6, 6.07) is 8.40. The summed E-state index contributed by atoms with van der Waals surface area (Å²) >= 11 is 0. The maximum atomic E-state index is 10.4. The third-order valence-electron chi connectivity index (χ3n) is 2.92. The summed E-state index contributed by atoms with van der Waals surface area (Å²) in [4.78, 5) is 10.4. The van der Waals surface area contributed by atoms with E-state index in [1.54, 1.807) is 0 Å². The molecule has 0 saturated heterocycles. The van der Waals surface area contributed by atoms with E-state index in [0.717, 1.165) is 38.6 Å². The Labute approximate surface area is 109 Å². The SMILES string of the molecule is CCCc1ccccc1NCCCCCC(=O)O. The Kier molecular flexibility index (Phi) is 6.92. The molecule has 18 heavy (non-hydrogen) atoms. The number of nitrogens with one attached hydrogen (secondary N) is 1. The van der Waals surface area contributed by atoms with Crippen LogP contribution < -0.4 is 5.32 Å². The maximum Gasteiger partial charge on any atom is 0.303 e. The molecule has 0 spiro atoms. The lowest BCUT2D eigenvalue weighted by Crippen LogP contribution is -2.04. The molecule has 0 saturated carbocycles. The van der Waals surface area contributed by atoms with Gasteiger partial charge in [-0.05, 0) is 30.9 Å². The van der Waals surface area contributed by atoms with Gasteiger partial charge in [0.1, 0.15) is 0 Å². The molecule has 0 radical (unpaired) electrons. The zero-order chi connectivity index (χ0) is 13.2. The summed E-state index contributed by atoms with van der Waals surface area (Å²) in [5.41, 5.74) is 2.59. The topological polar surface area (TPSA) is 49.3 Å². The quantitative estimate of drug-likeness (QED) is 0.656. The van der Waals surface area contributed by atoms with Gasteiger partial charge in [-0.1, -0.05) is 38.0 Å². The second-order valence-corrected chi connectivity index (χ2v) is 4.54. The minimum atomic E-state index is -0.698. The molecule has 0 fully saturated rings. The van der Waals surface area contributed by atoms with E-state index in [4.69, 9.17) is 5.11 Å². The van der Waals surface area contributed by atoms with E-state index in [1.807, 2.05) is 6.07 Å². The summed E-state index contributed by atoms with van der Waals surface area (Å²) in [6.45, 7) is 3.10. The number of carboxylic acid groups (broad SMARTS) is 1. The third-order valence-corrected chi connectivity index (χ3v) is 2.92. The Morgan fingerprint density at radius 3 is 2.72 bits per heavy atom. The predicted molar refractivity (Wildman–Crippen MR) is 75.0 cm³/mol. The number of unbranched alkanes of at least 4 members (excludes halogenated alkanes) is 2. The standard InChI is InChI=1S/C15H23NO2/c1-2-8-13-9-5-6-10-14(13)16-12-7-3-4-11-15(17)18/h5-6,9-10,16H,2-4,7-8,11-12H2,1H3,(H,17,18). The van der Waals surface area contributed by atoms with Crippen LogP contribution in [0.5, 0.6) is 0 Å². The van der Waals surface area contributed by atoms with Crippen molar-refractivity contribution >= 4 is 11.7 Å². The van der Waals surface area contributed by atoms with Crippen LogP contribution in [0.2, 0.25) is 0 Å². The van der Waals surface area contributed by atoms with Crippen LogP contribution in [0.4, 0.5) is 5.69 Å². The lowest BCUT2D eigenvalue weighted by atomic mass is 10.1. The van der Waals surface area contributed by atoms with Crippen LogP contribution in [0.3, 0.4) is 0 Å². The van der Waals surface area contributed by atoms with E-state index in [9.17, 15) is 4.79 Å². The number of hydrogen-bond acceptors (Lipinski definition) is 2. The van der Waals surface area contributed by atoms with Crippen molar-refractivity contribution in [3.63, 3.8) is 0 Å². The summed E-state index contributed by atoms with van der Waals surface area (Å²) in [5.74, 6) is -0.698. The normalized spacial score (nSPS) is 10.3. The Morgan fingerprint density at radius 1 is 1.22 bits per heavy atom. The molecule has 0 atom stereocenters. The highest BCUT2D eigenvalue weighted by molar-refractivity contribution is 5.66. The summed E-state index contributed by atoms with van der Waals surface area (Å²) in [7, 11) is 0. The largest absolute Gasteiger partial charge is 0.481 e. The van der Waals surface area contributed by atoms with Crippen molar-refractivity contribution in [3.05, 3.63) is 29.8 Å². The van der Waals surface area contributed by atoms with Gasteiger partial charge in [-0.2, -0.15) is 0 Å². The predicted octanol–water partition coefficient (Wildman–Crippen LogP) is 3.70. The Morgan fingerprint density at radius 2 is 2.00 bits per heavy atom. The number of aryl methyl sites for hydroxylation is 1. The number of aliphatic carboxylic acids is 1. The molecule has 100 valence electrons. The van der Waals surface area contributed by atoms with Gasteiger partial charge < -0.3 is 10.4 Å². The fraction of sp³-hybridized carbons (Fsp3) is 0.533. The number of carbonyl (C=O) groups is 1. The first-order valence-electron chi connectivity index (χ1n) is 6.77. The minimum Gasteiger partial charge on any atom is -0.481 e. The molecule has 0 bridgehead atoms. The van der Waals surface area contributed by atoms with Crippen molar-refractivity contribution in [2.45, 2.75) is 45.4 Å². The van der Waals surface area contributed by atoms with E-state index in [1.165, 1.54) is 11.3 Å². The molecule has 0 aromatic heterocycles. The molecule has 0 unspecified atom stereocenters. The monoisotopic (exact) mass is 249 g/mol. The molecular formula is C15H23NO2. The second kappa shape index (κ2) is 8.56. The fourth-order valence-electron chi connectivity index (χ4n) is 1.98. The van der Waals surface area contributed by atoms with Crippen LogP contribution in [0.15, 0.2) is 24.3 Å². The van der Waals surface area contributed by atoms with Crippen LogP contribution in [0.1, 0.15) is 44.6 Å². The number of carboxylic acids is 1. The van der Waals surface area contributed by atoms with Gasteiger partial charge in [-0.3, -0.25) is 4.79 Å². The lowest BCUT2D eigenvalue weighted by Gasteiger charge is -2.11. The van der Waals surface area contributed by atoms with Gasteiger partial charge in [-0.15, -0.1) is 0 Å². The van der Waals surface area contributed by atoms with Crippen LogP contribution in [0.25, 0.3) is 0 Å². The van der Waals surface area contributed by atoms with E-state index in [2.05, 4.69) is 30.4 Å². The molecular weight excluding hydrogens is 226 g/mol. The summed E-state index contributed by atoms with van der Waals surface area (Å²) < 4.78 is 0. The Balaban J connectivity index is 2.24. The molecule has 1 aromatic rings. The summed E-state index contributed by atoms with van der Waals surface area (Å²) in [5, 5.41) is 12.0. The Hall–Kier alpha value is -1.51. The highest BCUT2D eigenvalue weighted by Gasteiger charge is 2.00. The number of benzene rings is 1. The smallest absolute Gasteiger partial charge is 0.303 e. The van der Waals surface area contributed by atoms with Crippen molar-refractivity contribution in [3.8, 4) is 0 Å². The zero-order valence-electron chi connectivity index (χ0n) is 11.1. The van der Waals surface area contributed by atoms with Gasteiger partial charge in [0, 0.05) is 18.7 Å². The van der Waals surface area contributed by atoms with Crippen molar-refractivity contribution in [2.75, 3.05) is 11.9 Å². The molecule has 0 amide bonds. The summed E-state index contributed by atoms with van der Waals surface area (Å²) in [6.07, 6.45) is 5.29. The van der Waals surface area contributed by atoms with Crippen LogP contribution in [-0.2, 0) is 11.2 Å². The van der Waals surface area contributed by atoms with Gasteiger partial charge in [0.15, 0.2) is 0 Å². The van der Waals surface area contributed by atoms with E-state index >= 15 is 0 Å². The van der Waals surface area contributed by atoms with Gasteiger partial charge in [0.2, 0.25) is 0 Å². The van der Waals surface area contributed by atoms with Gasteiger partial charge >= 0.3 is 5.97 Å². The highest BCUT2D eigenvalue weighted by atomic mass is 16.4. The van der Waals surface area contributed by atoms with Gasteiger partial charge in [0.05, 0.1) is 0 Å². The molecule has 1 rings (SSSR count). The first-order chi connectivity index (χ1) is 8.74. The van der Waals surface area contributed by atoms with Crippen molar-refractivity contribution in [1.29, 1.82) is 0 Å². The average molecular weight is 249 g/mol. The molecule has 1 aromatic carbocycles. The zero-order valence-corrected chi connectivity index (χ0v) is 11.1. The minimum absolute atomic E-state index is 0.284. The van der Waals surface area contributed by atoms with Crippen molar-refractivity contribution in [1.82, 2.24) is 0 Å². The molecule has 0 aliphatic heterocycles. The molecule has 3 heteroatoms. The fourth-order valence-corrected chi connectivity index (χ4v) is 1.98. The van der Waals surface area contributed by atoms with Crippen LogP contribution in [-0.4, -0.2) is 17.6 Å². The number of rotatable bonds is 9. The highest BCUT2D eigenvalue weighted by Crippen LogP contribution is 2.16. The number of anilines is 1. The van der Waals surface area contributed by atoms with Crippen molar-refractivity contribution < 1.29 is 9.90 Å². The van der Waals surface area contributed by atoms with Crippen LogP contribution >= 0.6 is 0 Å². The molecule has 0 aliphatic carbocycles. The lowest BCUT2D eigenvalue weighted by molar-refractivity contribution is -0.137. The average Bonchev–Trinajstić information content (AvgIpc) is 2.35. The first-order valence-corrected chi connectivity index (χ1v) is 6.77. The van der Waals surface area contributed by atoms with Gasteiger partial charge in [-0.25, -0.2) is 0 Å². The molecule has 0 aliphatic rings. The van der Waals surface area contributed by atoms with Crippen molar-refractivity contribution in [2.24, 2.45) is 0 Å². The molecule has 0 heterocycles. The second-order valence-electron chi connectivity index (χ2n) is 4.54. The third kappa shape index (κ3) is 5.71. The van der Waals surface area contributed by atoms with Crippen LogP contribution in [0, 0.1) is 0 Å². The van der Waals surface area contributed by atoms with E-state index in [0.29, 0.717) is 0 Å². The number of para-hydroxylation sites is 1.